The van der Waals surface area contributed by atoms with Gasteiger partial charge < -0.3 is 16.0 Å². The van der Waals surface area contributed by atoms with Gasteiger partial charge in [-0.15, -0.1) is 0 Å². The first kappa shape index (κ1) is 16.4. The lowest BCUT2D eigenvalue weighted by Crippen LogP contribution is -2.50. The zero-order chi connectivity index (χ0) is 14.6. The van der Waals surface area contributed by atoms with E-state index in [1.807, 2.05) is 14.1 Å². The Kier molecular flexibility index (Phi) is 6.27. The van der Waals surface area contributed by atoms with Gasteiger partial charge in [-0.05, 0) is 38.8 Å². The summed E-state index contributed by atoms with van der Waals surface area (Å²) < 4.78 is 0. The van der Waals surface area contributed by atoms with Crippen LogP contribution < -0.4 is 11.1 Å². The van der Waals surface area contributed by atoms with Gasteiger partial charge in [-0.3, -0.25) is 4.79 Å². The van der Waals surface area contributed by atoms with E-state index in [0.717, 1.165) is 25.8 Å². The lowest BCUT2D eigenvalue weighted by molar-refractivity contribution is -0.129. The number of nitrogens with one attached hydrogen (secondary N) is 1. The van der Waals surface area contributed by atoms with E-state index < -0.39 is 0 Å². The predicted octanol–water partition coefficient (Wildman–Crippen LogP) is 1.45. The lowest BCUT2D eigenvalue weighted by atomic mass is 9.76. The minimum atomic E-state index is 0.0900. The topological polar surface area (TPSA) is 58.4 Å². The summed E-state index contributed by atoms with van der Waals surface area (Å²) in [6.45, 7) is 7.32. The molecule has 0 heterocycles. The number of amides is 1. The van der Waals surface area contributed by atoms with Gasteiger partial charge in [-0.2, -0.15) is 0 Å². The fourth-order valence-electron chi connectivity index (χ4n) is 2.87. The molecule has 1 aliphatic rings. The van der Waals surface area contributed by atoms with Crippen molar-refractivity contribution in [1.82, 2.24) is 10.2 Å². The average molecular weight is 269 g/mol. The maximum atomic E-state index is 12.5. The number of likely N-dealkylation sites (N-methyl/N-ethyl adjacent to an activating group) is 1. The molecule has 0 spiro atoms. The highest BCUT2D eigenvalue weighted by atomic mass is 16.2. The second-order valence-corrected chi connectivity index (χ2v) is 6.68. The Bertz CT molecular complexity index is 291. The highest BCUT2D eigenvalue weighted by molar-refractivity contribution is 5.79. The fourth-order valence-corrected chi connectivity index (χ4v) is 2.87. The summed E-state index contributed by atoms with van der Waals surface area (Å²) in [5, 5.41) is 3.23. The Balaban J connectivity index is 2.60. The number of nitrogens with zero attached hydrogens (tertiary/aromatic N) is 1. The molecule has 4 unspecified atom stereocenters. The molecule has 1 amide bonds. The van der Waals surface area contributed by atoms with Crippen LogP contribution in [0.25, 0.3) is 0 Å². The van der Waals surface area contributed by atoms with Gasteiger partial charge in [0, 0.05) is 24.5 Å². The number of carbonyl (C=O) groups is 1. The molecular formula is C15H31N3O. The van der Waals surface area contributed by atoms with Gasteiger partial charge in [0.2, 0.25) is 5.91 Å². The van der Waals surface area contributed by atoms with Crippen molar-refractivity contribution in [2.45, 2.75) is 52.1 Å². The second-order valence-electron chi connectivity index (χ2n) is 6.68. The Labute approximate surface area is 118 Å². The molecule has 0 aliphatic heterocycles. The maximum absolute atomic E-state index is 12.5. The molecule has 1 fully saturated rings. The second kappa shape index (κ2) is 7.25. The minimum absolute atomic E-state index is 0.0900. The largest absolute Gasteiger partial charge is 0.352 e. The Morgan fingerprint density at radius 3 is 2.53 bits per heavy atom. The van der Waals surface area contributed by atoms with Crippen LogP contribution in [-0.2, 0) is 4.79 Å². The third-order valence-corrected chi connectivity index (χ3v) is 4.39. The molecule has 0 saturated heterocycles. The number of nitrogens with two attached hydrogens (primary N) is 1. The molecular weight excluding hydrogens is 238 g/mol. The molecule has 1 saturated carbocycles. The first-order valence-corrected chi connectivity index (χ1v) is 7.53. The molecule has 0 aromatic rings. The lowest BCUT2D eigenvalue weighted by Gasteiger charge is -2.35. The van der Waals surface area contributed by atoms with E-state index in [2.05, 4.69) is 31.0 Å². The van der Waals surface area contributed by atoms with E-state index in [1.54, 1.807) is 0 Å². The van der Waals surface area contributed by atoms with E-state index in [1.165, 1.54) is 0 Å². The minimum Gasteiger partial charge on any atom is -0.352 e. The van der Waals surface area contributed by atoms with Gasteiger partial charge in [-0.1, -0.05) is 27.2 Å². The first-order chi connectivity index (χ1) is 8.82. The van der Waals surface area contributed by atoms with Crippen LogP contribution in [0.3, 0.4) is 0 Å². The monoisotopic (exact) mass is 269 g/mol. The molecule has 112 valence electrons. The van der Waals surface area contributed by atoms with Gasteiger partial charge in [0.05, 0.1) is 0 Å². The Morgan fingerprint density at radius 1 is 1.37 bits per heavy atom. The van der Waals surface area contributed by atoms with Crippen LogP contribution in [0.5, 0.6) is 0 Å². The van der Waals surface area contributed by atoms with E-state index in [4.69, 9.17) is 5.73 Å². The number of rotatable bonds is 5. The van der Waals surface area contributed by atoms with Crippen LogP contribution in [-0.4, -0.2) is 43.5 Å². The maximum Gasteiger partial charge on any atom is 0.223 e. The third-order valence-electron chi connectivity index (χ3n) is 4.39. The van der Waals surface area contributed by atoms with Crippen LogP contribution in [0.1, 0.15) is 40.0 Å². The molecule has 1 rings (SSSR count). The van der Waals surface area contributed by atoms with Crippen molar-refractivity contribution in [3.63, 3.8) is 0 Å². The smallest absolute Gasteiger partial charge is 0.223 e. The number of hydrogen-bond acceptors (Lipinski definition) is 3. The molecule has 0 radical (unpaired) electrons. The summed E-state index contributed by atoms with van der Waals surface area (Å²) in [5.41, 5.74) is 6.09. The van der Waals surface area contributed by atoms with Crippen molar-refractivity contribution >= 4 is 5.91 Å². The normalized spacial score (nSPS) is 29.6. The Morgan fingerprint density at radius 2 is 2.00 bits per heavy atom. The van der Waals surface area contributed by atoms with Crippen molar-refractivity contribution in [2.24, 2.45) is 23.5 Å². The molecule has 4 atom stereocenters. The third kappa shape index (κ3) is 4.77. The highest BCUT2D eigenvalue weighted by Crippen LogP contribution is 2.29. The van der Waals surface area contributed by atoms with E-state index >= 15 is 0 Å². The van der Waals surface area contributed by atoms with E-state index in [0.29, 0.717) is 11.8 Å². The van der Waals surface area contributed by atoms with Crippen molar-refractivity contribution in [2.75, 3.05) is 20.6 Å². The number of hydrogen-bond donors (Lipinski definition) is 2. The summed E-state index contributed by atoms with van der Waals surface area (Å²) in [6, 6.07) is 0.392. The molecule has 0 aromatic heterocycles. The summed E-state index contributed by atoms with van der Waals surface area (Å²) in [7, 11) is 4.08. The summed E-state index contributed by atoms with van der Waals surface area (Å²) in [5.74, 6) is 1.02. The standard InChI is InChI=1S/C15H31N3O/c1-10(2)14(9-18(4)5)17-15(19)12-7-6-8-13(16)11(12)3/h10-14H,6-9,16H2,1-5H3,(H,17,19). The SMILES string of the molecule is CC(C)C(CN(C)C)NC(=O)C1CCCC(N)C1C. The zero-order valence-corrected chi connectivity index (χ0v) is 13.1. The van der Waals surface area contributed by atoms with Crippen molar-refractivity contribution in [1.29, 1.82) is 0 Å². The van der Waals surface area contributed by atoms with Crippen molar-refractivity contribution in [3.05, 3.63) is 0 Å². The van der Waals surface area contributed by atoms with Crippen molar-refractivity contribution in [3.8, 4) is 0 Å². The molecule has 4 heteroatoms. The molecule has 3 N–H and O–H groups in total. The molecule has 19 heavy (non-hydrogen) atoms. The summed E-state index contributed by atoms with van der Waals surface area (Å²) >= 11 is 0. The molecule has 0 aromatic carbocycles. The summed E-state index contributed by atoms with van der Waals surface area (Å²) in [4.78, 5) is 14.6. The first-order valence-electron chi connectivity index (χ1n) is 7.53. The van der Waals surface area contributed by atoms with Gasteiger partial charge >= 0.3 is 0 Å². The van der Waals surface area contributed by atoms with E-state index in [9.17, 15) is 4.79 Å². The van der Waals surface area contributed by atoms with Crippen LogP contribution in [0.4, 0.5) is 0 Å². The fraction of sp³-hybridized carbons (Fsp3) is 0.933. The van der Waals surface area contributed by atoms with Gasteiger partial charge in [0.15, 0.2) is 0 Å². The van der Waals surface area contributed by atoms with Crippen LogP contribution in [0.2, 0.25) is 0 Å². The zero-order valence-electron chi connectivity index (χ0n) is 13.1. The highest BCUT2D eigenvalue weighted by Gasteiger charge is 2.33. The average Bonchev–Trinajstić information content (AvgIpc) is 2.31. The summed E-state index contributed by atoms with van der Waals surface area (Å²) in [6.07, 6.45) is 3.10. The van der Waals surface area contributed by atoms with Gasteiger partial charge in [0.1, 0.15) is 0 Å². The Hall–Kier alpha value is -0.610. The van der Waals surface area contributed by atoms with Crippen molar-refractivity contribution < 1.29 is 4.79 Å². The molecule has 4 nitrogen and oxygen atoms in total. The van der Waals surface area contributed by atoms with Gasteiger partial charge in [0.25, 0.3) is 0 Å². The van der Waals surface area contributed by atoms with Crippen LogP contribution in [0, 0.1) is 17.8 Å². The molecule has 0 bridgehead atoms. The van der Waals surface area contributed by atoms with Gasteiger partial charge in [-0.25, -0.2) is 0 Å². The van der Waals surface area contributed by atoms with Crippen LogP contribution in [0.15, 0.2) is 0 Å². The number of carbonyl (C=O) groups excluding carboxylic acids is 1. The van der Waals surface area contributed by atoms with E-state index in [-0.39, 0.29) is 23.9 Å². The quantitative estimate of drug-likeness (QED) is 0.794. The predicted molar refractivity (Wildman–Crippen MR) is 79.8 cm³/mol. The van der Waals surface area contributed by atoms with Crippen LogP contribution >= 0.6 is 0 Å². The molecule has 1 aliphatic carbocycles.